The van der Waals surface area contributed by atoms with Gasteiger partial charge in [-0.2, -0.15) is 11.8 Å². The second-order valence-electron chi connectivity index (χ2n) is 3.78. The summed E-state index contributed by atoms with van der Waals surface area (Å²) in [5, 5.41) is 11.5. The van der Waals surface area contributed by atoms with Crippen LogP contribution in [0.5, 0.6) is 0 Å². The summed E-state index contributed by atoms with van der Waals surface area (Å²) < 4.78 is 0. The van der Waals surface area contributed by atoms with Crippen molar-refractivity contribution in [3.05, 3.63) is 24.0 Å². The van der Waals surface area contributed by atoms with Crippen LogP contribution in [0.4, 0.5) is 5.69 Å². The number of carboxylic acid groups (broad SMARTS) is 1. The molecule has 17 heavy (non-hydrogen) atoms. The molecule has 2 heterocycles. The Morgan fingerprint density at radius 1 is 1.53 bits per heavy atom. The number of nitrogens with zero attached hydrogens (tertiary/aromatic N) is 1. The first kappa shape index (κ1) is 11.9. The molecule has 0 aliphatic carbocycles. The maximum atomic E-state index is 11.8. The molecule has 2 rings (SSSR count). The maximum absolute atomic E-state index is 11.8. The molecule has 1 aliphatic heterocycles. The highest BCUT2D eigenvalue weighted by atomic mass is 32.2. The van der Waals surface area contributed by atoms with Crippen LogP contribution in [-0.4, -0.2) is 33.5 Å². The minimum Gasteiger partial charge on any atom is -0.477 e. The van der Waals surface area contributed by atoms with Gasteiger partial charge in [-0.25, -0.2) is 9.78 Å². The molecule has 0 radical (unpaired) electrons. The van der Waals surface area contributed by atoms with Crippen LogP contribution >= 0.6 is 11.8 Å². The van der Waals surface area contributed by atoms with E-state index >= 15 is 0 Å². The smallest absolute Gasteiger partial charge is 0.354 e. The molecule has 0 aromatic carbocycles. The summed E-state index contributed by atoms with van der Waals surface area (Å²) >= 11 is 1.76. The number of carboxylic acids is 1. The van der Waals surface area contributed by atoms with E-state index in [1.165, 1.54) is 12.3 Å². The topological polar surface area (TPSA) is 79.3 Å². The Labute approximate surface area is 103 Å². The number of carbonyl (C=O) groups is 2. The molecule has 1 aromatic heterocycles. The molecule has 1 fully saturated rings. The van der Waals surface area contributed by atoms with Crippen molar-refractivity contribution in [1.29, 1.82) is 0 Å². The van der Waals surface area contributed by atoms with Gasteiger partial charge in [0.1, 0.15) is 5.69 Å². The van der Waals surface area contributed by atoms with Gasteiger partial charge in [-0.1, -0.05) is 0 Å². The Morgan fingerprint density at radius 2 is 2.35 bits per heavy atom. The Hall–Kier alpha value is -1.56. The van der Waals surface area contributed by atoms with Crippen LogP contribution in [0, 0.1) is 5.92 Å². The van der Waals surface area contributed by atoms with Gasteiger partial charge in [0.25, 0.3) is 0 Å². The van der Waals surface area contributed by atoms with E-state index in [1.54, 1.807) is 17.8 Å². The molecule has 90 valence electrons. The number of thioether (sulfide) groups is 1. The van der Waals surface area contributed by atoms with E-state index in [2.05, 4.69) is 10.3 Å². The summed E-state index contributed by atoms with van der Waals surface area (Å²) in [6.07, 6.45) is 2.26. The fourth-order valence-electron chi connectivity index (χ4n) is 1.61. The molecule has 1 amide bonds. The first-order valence-electron chi connectivity index (χ1n) is 5.25. The van der Waals surface area contributed by atoms with E-state index in [0.717, 1.165) is 17.9 Å². The number of carbonyl (C=O) groups excluding carboxylic acids is 1. The molecule has 2 N–H and O–H groups in total. The number of anilines is 1. The Kier molecular flexibility index (Phi) is 3.63. The van der Waals surface area contributed by atoms with Crippen molar-refractivity contribution in [3.63, 3.8) is 0 Å². The van der Waals surface area contributed by atoms with Crippen LogP contribution in [-0.2, 0) is 4.79 Å². The third-order valence-corrected chi connectivity index (χ3v) is 3.71. The van der Waals surface area contributed by atoms with Gasteiger partial charge in [-0.15, -0.1) is 0 Å². The average Bonchev–Trinajstić information content (AvgIpc) is 2.82. The van der Waals surface area contributed by atoms with Crippen LogP contribution in [0.1, 0.15) is 16.9 Å². The molecule has 1 atom stereocenters. The summed E-state index contributed by atoms with van der Waals surface area (Å²) in [7, 11) is 0. The fraction of sp³-hybridized carbons (Fsp3) is 0.364. The van der Waals surface area contributed by atoms with Gasteiger partial charge in [0, 0.05) is 23.6 Å². The second-order valence-corrected chi connectivity index (χ2v) is 4.93. The van der Waals surface area contributed by atoms with Crippen molar-refractivity contribution < 1.29 is 14.7 Å². The molecule has 0 bridgehead atoms. The van der Waals surface area contributed by atoms with Crippen LogP contribution in [0.25, 0.3) is 0 Å². The van der Waals surface area contributed by atoms with Crippen molar-refractivity contribution in [2.45, 2.75) is 6.42 Å². The molecule has 1 aromatic rings. The van der Waals surface area contributed by atoms with Gasteiger partial charge < -0.3 is 10.4 Å². The molecule has 1 saturated heterocycles. The van der Waals surface area contributed by atoms with E-state index < -0.39 is 5.97 Å². The highest BCUT2D eigenvalue weighted by molar-refractivity contribution is 7.99. The van der Waals surface area contributed by atoms with Crippen molar-refractivity contribution in [1.82, 2.24) is 4.98 Å². The number of nitrogens with one attached hydrogen (secondary N) is 1. The summed E-state index contributed by atoms with van der Waals surface area (Å²) in [5.41, 5.74) is 0.419. The Morgan fingerprint density at radius 3 is 3.00 bits per heavy atom. The third-order valence-electron chi connectivity index (χ3n) is 2.55. The van der Waals surface area contributed by atoms with Gasteiger partial charge in [0.15, 0.2) is 0 Å². The molecule has 6 heteroatoms. The van der Waals surface area contributed by atoms with Crippen molar-refractivity contribution in [2.24, 2.45) is 5.92 Å². The Bertz CT molecular complexity index is 444. The largest absolute Gasteiger partial charge is 0.477 e. The maximum Gasteiger partial charge on any atom is 0.354 e. The second kappa shape index (κ2) is 5.18. The van der Waals surface area contributed by atoms with Gasteiger partial charge >= 0.3 is 5.97 Å². The zero-order valence-corrected chi connectivity index (χ0v) is 9.87. The van der Waals surface area contributed by atoms with E-state index in [1.807, 2.05) is 0 Å². The number of pyridine rings is 1. The lowest BCUT2D eigenvalue weighted by Gasteiger charge is -2.09. The van der Waals surface area contributed by atoms with Gasteiger partial charge in [-0.3, -0.25) is 4.79 Å². The number of hydrogen-bond acceptors (Lipinski definition) is 4. The normalized spacial score (nSPS) is 18.9. The third kappa shape index (κ3) is 2.97. The predicted octanol–water partition coefficient (Wildman–Crippen LogP) is 1.47. The fourth-order valence-corrected chi connectivity index (χ4v) is 2.83. The number of rotatable bonds is 3. The summed E-state index contributed by atoms with van der Waals surface area (Å²) in [5.74, 6) is 0.730. The minimum atomic E-state index is -1.10. The summed E-state index contributed by atoms with van der Waals surface area (Å²) in [6.45, 7) is 0. The molecule has 1 unspecified atom stereocenters. The van der Waals surface area contributed by atoms with Crippen molar-refractivity contribution in [3.8, 4) is 0 Å². The van der Waals surface area contributed by atoms with E-state index in [4.69, 9.17) is 5.11 Å². The van der Waals surface area contributed by atoms with Gasteiger partial charge in [0.2, 0.25) is 5.91 Å². The van der Waals surface area contributed by atoms with E-state index in [9.17, 15) is 9.59 Å². The molecular weight excluding hydrogens is 240 g/mol. The van der Waals surface area contributed by atoms with Crippen LogP contribution in [0.3, 0.4) is 0 Å². The quantitative estimate of drug-likeness (QED) is 0.851. The molecule has 0 saturated carbocycles. The zero-order chi connectivity index (χ0) is 12.3. The highest BCUT2D eigenvalue weighted by Crippen LogP contribution is 2.24. The molecule has 1 aliphatic rings. The van der Waals surface area contributed by atoms with Gasteiger partial charge in [-0.05, 0) is 24.3 Å². The molecule has 0 spiro atoms. The summed E-state index contributed by atoms with van der Waals surface area (Å²) in [4.78, 5) is 26.2. The van der Waals surface area contributed by atoms with Crippen molar-refractivity contribution >= 4 is 29.3 Å². The number of aromatic carboxylic acids is 1. The SMILES string of the molecule is O=C(O)c1cc(NC(=O)C2CCSC2)ccn1. The van der Waals surface area contributed by atoms with Crippen LogP contribution in [0.15, 0.2) is 18.3 Å². The Balaban J connectivity index is 2.05. The first-order valence-corrected chi connectivity index (χ1v) is 6.40. The predicted molar refractivity (Wildman–Crippen MR) is 65.3 cm³/mol. The molecule has 5 nitrogen and oxygen atoms in total. The lowest BCUT2D eigenvalue weighted by atomic mass is 10.1. The minimum absolute atomic E-state index is 0.0291. The average molecular weight is 252 g/mol. The van der Waals surface area contributed by atoms with Crippen LogP contribution in [0.2, 0.25) is 0 Å². The zero-order valence-electron chi connectivity index (χ0n) is 9.05. The number of hydrogen-bond donors (Lipinski definition) is 2. The molecular formula is C11H12N2O3S. The number of aromatic nitrogens is 1. The lowest BCUT2D eigenvalue weighted by molar-refractivity contribution is -0.119. The van der Waals surface area contributed by atoms with Crippen molar-refractivity contribution in [2.75, 3.05) is 16.8 Å². The lowest BCUT2D eigenvalue weighted by Crippen LogP contribution is -2.22. The standard InChI is InChI=1S/C11H12N2O3S/c14-10(7-2-4-17-6-7)13-8-1-3-12-9(5-8)11(15)16/h1,3,5,7H,2,4,6H2,(H,15,16)(H,12,13,14). The van der Waals surface area contributed by atoms with E-state index in [-0.39, 0.29) is 17.5 Å². The van der Waals surface area contributed by atoms with Gasteiger partial charge in [0.05, 0.1) is 0 Å². The summed E-state index contributed by atoms with van der Waals surface area (Å²) in [6, 6.07) is 2.95. The van der Waals surface area contributed by atoms with Crippen LogP contribution < -0.4 is 5.32 Å². The van der Waals surface area contributed by atoms with E-state index in [0.29, 0.717) is 5.69 Å². The number of amides is 1. The first-order chi connectivity index (χ1) is 8.16. The highest BCUT2D eigenvalue weighted by Gasteiger charge is 2.23. The monoisotopic (exact) mass is 252 g/mol.